The normalized spacial score (nSPS) is 11.9. The van der Waals surface area contributed by atoms with Crippen molar-refractivity contribution < 1.29 is 9.90 Å². The topological polar surface area (TPSA) is 93.2 Å². The first-order chi connectivity index (χ1) is 10.4. The Morgan fingerprint density at radius 2 is 1.91 bits per heavy atom. The number of hydrogen-bond donors (Lipinski definition) is 3. The summed E-state index contributed by atoms with van der Waals surface area (Å²) in [5.74, 6) is -0.151. The number of amides is 1. The van der Waals surface area contributed by atoms with Gasteiger partial charge in [0.15, 0.2) is 11.4 Å². The smallest absolute Gasteiger partial charge is 0.275 e. The van der Waals surface area contributed by atoms with Gasteiger partial charge in [-0.05, 0) is 30.5 Å². The van der Waals surface area contributed by atoms with Gasteiger partial charge in [0, 0.05) is 12.6 Å². The van der Waals surface area contributed by atoms with Crippen molar-refractivity contribution >= 4 is 18.3 Å². The van der Waals surface area contributed by atoms with E-state index in [0.717, 1.165) is 5.69 Å². The molecule has 0 aliphatic heterocycles. The zero-order valence-corrected chi connectivity index (χ0v) is 14.3. The first-order valence-corrected chi connectivity index (χ1v) is 7.32. The Bertz CT molecular complexity index is 653. The SMILES string of the molecule is CC(C)c1ccc(-n2cc(O)c(C(=O)N[C@@H](C)CN)n2)cc1.Cl. The summed E-state index contributed by atoms with van der Waals surface area (Å²) in [7, 11) is 0. The predicted molar refractivity (Wildman–Crippen MR) is 92.5 cm³/mol. The number of nitrogens with zero attached hydrogens (tertiary/aromatic N) is 2. The minimum atomic E-state index is -0.437. The number of rotatable bonds is 5. The molecule has 7 heteroatoms. The molecule has 2 rings (SSSR count). The van der Waals surface area contributed by atoms with Crippen LogP contribution in [0.2, 0.25) is 0 Å². The molecule has 1 amide bonds. The second-order valence-electron chi connectivity index (χ2n) is 5.66. The highest BCUT2D eigenvalue weighted by molar-refractivity contribution is 5.95. The summed E-state index contributed by atoms with van der Waals surface area (Å²) in [4.78, 5) is 12.0. The largest absolute Gasteiger partial charge is 0.504 e. The summed E-state index contributed by atoms with van der Waals surface area (Å²) >= 11 is 0. The molecule has 0 unspecified atom stereocenters. The van der Waals surface area contributed by atoms with Crippen molar-refractivity contribution in [1.29, 1.82) is 0 Å². The fraction of sp³-hybridized carbons (Fsp3) is 0.375. The zero-order valence-electron chi connectivity index (χ0n) is 13.5. The van der Waals surface area contributed by atoms with Gasteiger partial charge >= 0.3 is 0 Å². The lowest BCUT2D eigenvalue weighted by atomic mass is 10.0. The number of nitrogens with two attached hydrogens (primary N) is 1. The van der Waals surface area contributed by atoms with Crippen molar-refractivity contribution in [3.8, 4) is 11.4 Å². The van der Waals surface area contributed by atoms with Crippen LogP contribution in [0.15, 0.2) is 30.5 Å². The molecule has 126 valence electrons. The third-order valence-electron chi connectivity index (χ3n) is 3.47. The molecule has 0 fully saturated rings. The van der Waals surface area contributed by atoms with E-state index in [-0.39, 0.29) is 29.9 Å². The minimum absolute atomic E-state index is 0. The molecule has 0 bridgehead atoms. The highest BCUT2D eigenvalue weighted by Gasteiger charge is 2.18. The summed E-state index contributed by atoms with van der Waals surface area (Å²) in [6.45, 7) is 6.35. The van der Waals surface area contributed by atoms with Gasteiger partial charge in [-0.3, -0.25) is 4.79 Å². The lowest BCUT2D eigenvalue weighted by Gasteiger charge is -2.09. The van der Waals surface area contributed by atoms with Gasteiger partial charge in [-0.2, -0.15) is 5.10 Å². The number of hydrogen-bond acceptors (Lipinski definition) is 4. The van der Waals surface area contributed by atoms with Crippen LogP contribution in [0.3, 0.4) is 0 Å². The van der Waals surface area contributed by atoms with Crippen LogP contribution in [0.25, 0.3) is 5.69 Å². The van der Waals surface area contributed by atoms with E-state index in [2.05, 4.69) is 24.3 Å². The van der Waals surface area contributed by atoms with Crippen molar-refractivity contribution in [3.05, 3.63) is 41.7 Å². The Morgan fingerprint density at radius 1 is 1.30 bits per heavy atom. The van der Waals surface area contributed by atoms with Gasteiger partial charge < -0.3 is 16.2 Å². The van der Waals surface area contributed by atoms with E-state index in [9.17, 15) is 9.90 Å². The van der Waals surface area contributed by atoms with Crippen LogP contribution in [-0.4, -0.2) is 33.4 Å². The number of aromatic hydroxyl groups is 1. The van der Waals surface area contributed by atoms with Gasteiger partial charge in [0.1, 0.15) is 0 Å². The van der Waals surface area contributed by atoms with Gasteiger partial charge in [0.05, 0.1) is 11.9 Å². The highest BCUT2D eigenvalue weighted by atomic mass is 35.5. The number of carbonyl (C=O) groups excluding carboxylic acids is 1. The average Bonchev–Trinajstić information content (AvgIpc) is 2.89. The third-order valence-corrected chi connectivity index (χ3v) is 3.47. The molecule has 2 aromatic rings. The molecule has 4 N–H and O–H groups in total. The molecule has 1 atom stereocenters. The van der Waals surface area contributed by atoms with Crippen molar-refractivity contribution in [2.75, 3.05) is 6.54 Å². The maximum atomic E-state index is 12.0. The van der Waals surface area contributed by atoms with Crippen molar-refractivity contribution in [2.45, 2.75) is 32.7 Å². The molecule has 23 heavy (non-hydrogen) atoms. The molecule has 0 spiro atoms. The lowest BCUT2D eigenvalue weighted by molar-refractivity contribution is 0.0933. The second kappa shape index (κ2) is 7.99. The van der Waals surface area contributed by atoms with Crippen LogP contribution in [0.5, 0.6) is 5.75 Å². The molecular weight excluding hydrogens is 316 g/mol. The summed E-state index contributed by atoms with van der Waals surface area (Å²) in [6.07, 6.45) is 1.42. The highest BCUT2D eigenvalue weighted by Crippen LogP contribution is 2.20. The Balaban J connectivity index is 0.00000264. The quantitative estimate of drug-likeness (QED) is 0.779. The predicted octanol–water partition coefficient (Wildman–Crippen LogP) is 2.20. The monoisotopic (exact) mass is 338 g/mol. The van der Waals surface area contributed by atoms with Crippen LogP contribution in [0.4, 0.5) is 0 Å². The van der Waals surface area contributed by atoms with E-state index in [1.165, 1.54) is 16.4 Å². The number of aromatic nitrogens is 2. The molecule has 1 aromatic heterocycles. The number of nitrogens with one attached hydrogen (secondary N) is 1. The van der Waals surface area contributed by atoms with Crippen LogP contribution in [-0.2, 0) is 0 Å². The standard InChI is InChI=1S/C16H22N4O2.ClH/c1-10(2)12-4-6-13(7-5-12)20-9-14(21)15(19-20)16(22)18-11(3)8-17;/h4-7,9-11,21H,8,17H2,1-3H3,(H,18,22);1H/t11-;/m0./s1. The van der Waals surface area contributed by atoms with E-state index in [0.29, 0.717) is 12.5 Å². The fourth-order valence-electron chi connectivity index (χ4n) is 2.02. The average molecular weight is 339 g/mol. The molecule has 1 aromatic carbocycles. The van der Waals surface area contributed by atoms with E-state index >= 15 is 0 Å². The number of benzene rings is 1. The Morgan fingerprint density at radius 3 is 2.43 bits per heavy atom. The maximum Gasteiger partial charge on any atom is 0.275 e. The lowest BCUT2D eigenvalue weighted by Crippen LogP contribution is -2.38. The van der Waals surface area contributed by atoms with E-state index in [4.69, 9.17) is 5.73 Å². The van der Waals surface area contributed by atoms with Gasteiger partial charge in [0.25, 0.3) is 5.91 Å². The van der Waals surface area contributed by atoms with Crippen LogP contribution >= 0.6 is 12.4 Å². The summed E-state index contributed by atoms with van der Waals surface area (Å²) in [6, 6.07) is 7.66. The van der Waals surface area contributed by atoms with Crippen LogP contribution in [0, 0.1) is 0 Å². The minimum Gasteiger partial charge on any atom is -0.504 e. The van der Waals surface area contributed by atoms with Gasteiger partial charge in [-0.15, -0.1) is 12.4 Å². The first kappa shape index (κ1) is 19.0. The molecule has 0 radical (unpaired) electrons. The zero-order chi connectivity index (χ0) is 16.3. The third kappa shape index (κ3) is 4.46. The van der Waals surface area contributed by atoms with Crippen molar-refractivity contribution in [2.24, 2.45) is 5.73 Å². The van der Waals surface area contributed by atoms with Crippen LogP contribution in [0.1, 0.15) is 42.7 Å². The first-order valence-electron chi connectivity index (χ1n) is 7.32. The van der Waals surface area contributed by atoms with Crippen LogP contribution < -0.4 is 11.1 Å². The molecule has 0 aliphatic carbocycles. The van der Waals surface area contributed by atoms with Crippen molar-refractivity contribution in [1.82, 2.24) is 15.1 Å². The summed E-state index contributed by atoms with van der Waals surface area (Å²) in [5.41, 5.74) is 7.46. The van der Waals surface area contributed by atoms with Gasteiger partial charge in [-0.1, -0.05) is 26.0 Å². The molecule has 1 heterocycles. The number of carbonyl (C=O) groups is 1. The number of halogens is 1. The summed E-state index contributed by atoms with van der Waals surface area (Å²) < 4.78 is 1.49. The summed E-state index contributed by atoms with van der Waals surface area (Å²) in [5, 5.41) is 16.7. The van der Waals surface area contributed by atoms with Crippen molar-refractivity contribution in [3.63, 3.8) is 0 Å². The van der Waals surface area contributed by atoms with Gasteiger partial charge in [-0.25, -0.2) is 4.68 Å². The van der Waals surface area contributed by atoms with Gasteiger partial charge in [0.2, 0.25) is 0 Å². The maximum absolute atomic E-state index is 12.0. The van der Waals surface area contributed by atoms with E-state index in [1.54, 1.807) is 6.92 Å². The Labute approximate surface area is 142 Å². The Kier molecular flexibility index (Phi) is 6.60. The molecular formula is C16H23ClN4O2. The second-order valence-corrected chi connectivity index (χ2v) is 5.66. The fourth-order valence-corrected chi connectivity index (χ4v) is 2.02. The van der Waals surface area contributed by atoms with E-state index in [1.807, 2.05) is 24.3 Å². The molecule has 0 aliphatic rings. The van der Waals surface area contributed by atoms with E-state index < -0.39 is 5.91 Å². The molecule has 0 saturated heterocycles. The Hall–Kier alpha value is -2.05. The molecule has 6 nitrogen and oxygen atoms in total. The molecule has 0 saturated carbocycles.